The van der Waals surface area contributed by atoms with E-state index in [0.717, 1.165) is 34.7 Å². The van der Waals surface area contributed by atoms with Gasteiger partial charge in [-0.05, 0) is 84.7 Å². The highest BCUT2D eigenvalue weighted by atomic mass is 32.1. The molecule has 23 heteroatoms. The number of ether oxygens (including phenoxy) is 2. The number of rotatable bonds is 35. The number of nitrogens with two attached hydrogens (primary N) is 1. The Kier molecular flexibility index (Phi) is 27.1. The number of aromatic nitrogens is 2. The van der Waals surface area contributed by atoms with Crippen molar-refractivity contribution >= 4 is 70.0 Å². The molecule has 1 aliphatic carbocycles. The van der Waals surface area contributed by atoms with E-state index >= 15 is 0 Å². The predicted octanol–water partition coefficient (Wildman–Crippen LogP) is 2.28. The van der Waals surface area contributed by atoms with E-state index < -0.39 is 40.6 Å². The van der Waals surface area contributed by atoms with E-state index in [1.165, 1.54) is 0 Å². The number of aromatic amines is 1. The van der Waals surface area contributed by atoms with Crippen LogP contribution in [0.4, 0.5) is 0 Å². The summed E-state index contributed by atoms with van der Waals surface area (Å²) in [7, 11) is 1.72. The van der Waals surface area contributed by atoms with Crippen molar-refractivity contribution in [3.05, 3.63) is 39.1 Å². The fourth-order valence-corrected chi connectivity index (χ4v) is 9.14. The maximum Gasteiger partial charge on any atom is 0.372 e. The van der Waals surface area contributed by atoms with Gasteiger partial charge in [0.2, 0.25) is 29.4 Å². The van der Waals surface area contributed by atoms with Crippen LogP contribution in [-0.4, -0.2) is 150 Å². The van der Waals surface area contributed by atoms with E-state index in [2.05, 4.69) is 36.6 Å². The number of ketones is 4. The van der Waals surface area contributed by atoms with Crippen LogP contribution in [0.25, 0.3) is 0 Å². The second kappa shape index (κ2) is 31.2. The Bertz CT molecular complexity index is 2240. The number of aromatic carboxylic acids is 1. The van der Waals surface area contributed by atoms with Gasteiger partial charge in [0.25, 0.3) is 0 Å². The monoisotopic (exact) mass is 1060 g/mol. The molecule has 3 atom stereocenters. The number of Topliss-reactive ketones (excluding diaryl/α,β-unsaturated/α-hetero) is 4. The number of nitrogens with one attached hydrogen (secondary N) is 6. The van der Waals surface area contributed by atoms with Crippen molar-refractivity contribution in [1.82, 2.24) is 36.6 Å². The lowest BCUT2D eigenvalue weighted by atomic mass is 9.80. The van der Waals surface area contributed by atoms with Crippen LogP contribution in [0.3, 0.4) is 0 Å². The van der Waals surface area contributed by atoms with Gasteiger partial charge in [-0.3, -0.25) is 43.7 Å². The fourth-order valence-electron chi connectivity index (χ4n) is 7.68. The molecular weight excluding hydrogens is 981 g/mol. The van der Waals surface area contributed by atoms with Crippen molar-refractivity contribution in [2.75, 3.05) is 59.7 Å². The first kappa shape index (κ1) is 64.4. The molecule has 0 radical (unpaired) electrons. The van der Waals surface area contributed by atoms with Crippen LogP contribution in [0.2, 0.25) is 0 Å². The Hall–Kier alpha value is -5.75. The molecule has 4 amide bonds. The largest absolute Gasteiger partial charge is 0.478 e. The number of aliphatic carboxylic acids is 1. The van der Waals surface area contributed by atoms with Crippen LogP contribution in [-0.2, 0) is 78.3 Å². The van der Waals surface area contributed by atoms with Gasteiger partial charge in [-0.1, -0.05) is 34.1 Å². The number of carbonyl (C=O) groups excluding carboxylic acids is 8. The number of primary amides is 1. The number of likely N-dealkylation sites (N-methyl/N-ethyl adjacent to an activating group) is 1. The third-order valence-electron chi connectivity index (χ3n) is 12.9. The smallest absolute Gasteiger partial charge is 0.372 e. The van der Waals surface area contributed by atoms with Gasteiger partial charge in [-0.15, -0.1) is 11.3 Å². The lowest BCUT2D eigenvalue weighted by molar-refractivity contribution is -0.148. The number of unbranched alkanes of at least 4 members (excludes halogenated alkanes) is 1. The van der Waals surface area contributed by atoms with Crippen LogP contribution in [0.1, 0.15) is 132 Å². The molecule has 0 fully saturated rings. The highest BCUT2D eigenvalue weighted by Gasteiger charge is 2.36. The Morgan fingerprint density at radius 1 is 0.851 bits per heavy atom. The maximum absolute atomic E-state index is 12.8. The van der Waals surface area contributed by atoms with Crippen LogP contribution >= 0.6 is 11.3 Å². The SMILES string of the molecule is CNCC(=O)C(C)(C)CCC(=O)C(C)(C)NCC(=O)C(C)(C)NC(=O)[C@@H](C)Cc1cnc[nH]1.C[C@@H](CCCCNC(=O)COCCOCCNC(=O)CC1CCc2c(sc(CC(=O)C(=O)O)c2C(=O)O)C1)C(N)=O. The first-order valence-electron chi connectivity index (χ1n) is 25.0. The van der Waals surface area contributed by atoms with Gasteiger partial charge < -0.3 is 51.7 Å². The van der Waals surface area contributed by atoms with Gasteiger partial charge in [-0.2, -0.15) is 0 Å². The zero-order chi connectivity index (χ0) is 55.8. The highest BCUT2D eigenvalue weighted by Crippen LogP contribution is 2.38. The number of thiophene rings is 1. The summed E-state index contributed by atoms with van der Waals surface area (Å²) in [5.74, 6) is -5.53. The Labute approximate surface area is 437 Å². The fraction of sp³-hybridized carbons (Fsp3) is 0.667. The summed E-state index contributed by atoms with van der Waals surface area (Å²) < 4.78 is 10.7. The third kappa shape index (κ3) is 22.8. The van der Waals surface area contributed by atoms with Crippen molar-refractivity contribution in [1.29, 1.82) is 0 Å². The highest BCUT2D eigenvalue weighted by molar-refractivity contribution is 7.12. The molecule has 2 aromatic heterocycles. The molecule has 10 N–H and O–H groups in total. The van der Waals surface area contributed by atoms with Crippen LogP contribution in [0.15, 0.2) is 12.5 Å². The van der Waals surface area contributed by atoms with E-state index in [1.807, 2.05) is 13.8 Å². The molecule has 0 aliphatic heterocycles. The molecular formula is C51H80N8O14S. The summed E-state index contributed by atoms with van der Waals surface area (Å²) >= 11 is 1.14. The number of carbonyl (C=O) groups is 10. The average Bonchev–Trinajstić information content (AvgIpc) is 3.97. The van der Waals surface area contributed by atoms with Crippen LogP contribution in [0, 0.1) is 23.2 Å². The Balaban J connectivity index is 0.000000519. The zero-order valence-electron chi connectivity index (χ0n) is 44.5. The molecule has 3 rings (SSSR count). The molecule has 0 aromatic carbocycles. The summed E-state index contributed by atoms with van der Waals surface area (Å²) in [4.78, 5) is 128. The first-order valence-corrected chi connectivity index (χ1v) is 25.8. The minimum Gasteiger partial charge on any atom is -0.478 e. The van der Waals surface area contributed by atoms with Gasteiger partial charge in [0, 0.05) is 71.2 Å². The summed E-state index contributed by atoms with van der Waals surface area (Å²) in [6.07, 6.45) is 7.94. The molecule has 0 saturated heterocycles. The van der Waals surface area contributed by atoms with Crippen molar-refractivity contribution < 1.29 is 67.6 Å². The van der Waals surface area contributed by atoms with E-state index in [0.29, 0.717) is 57.2 Å². The first-order chi connectivity index (χ1) is 34.6. The van der Waals surface area contributed by atoms with Gasteiger partial charge >= 0.3 is 11.9 Å². The number of hydrogen-bond acceptors (Lipinski definition) is 16. The molecule has 0 bridgehead atoms. The Morgan fingerprint density at radius 2 is 1.53 bits per heavy atom. The van der Waals surface area contributed by atoms with Crippen molar-refractivity contribution in [2.45, 2.75) is 137 Å². The number of H-pyrrole nitrogens is 1. The van der Waals surface area contributed by atoms with Gasteiger partial charge in [0.1, 0.15) is 6.61 Å². The number of nitrogens with zero attached hydrogens (tertiary/aromatic N) is 1. The molecule has 74 heavy (non-hydrogen) atoms. The number of imidazole rings is 1. The normalized spacial score (nSPS) is 14.3. The standard InChI is InChI=1S/C27H39N3O10S.C24H41N5O4/c1-16(25(28)34)4-2-3-7-29-23(33)15-40-11-10-39-9-8-30-22(32)13-17-5-6-18-20(12-17)41-21(24(18)27(37)38)14-19(31)26(35)36;1-16(11-17-12-26-15-27-17)21(33)29-24(6,7)20(32)14-28-23(4,5)18(30)9-10-22(2,3)19(31)13-25-8/h16-17H,2-15H2,1H3,(H2,28,34)(H,29,33)(H,30,32)(H,35,36)(H,37,38);12,15-16,25,28H,9-11,13-14H2,1-8H3,(H,26,27)(H,29,33)/t16-,17?;16-/m00/s1. The topological polar surface area (TPSA) is 344 Å². The number of carboxylic acid groups (broad SMARTS) is 2. The Morgan fingerprint density at radius 3 is 2.15 bits per heavy atom. The number of amides is 4. The summed E-state index contributed by atoms with van der Waals surface area (Å²) in [6.45, 7) is 15.7. The summed E-state index contributed by atoms with van der Waals surface area (Å²) in [5.41, 5.74) is 4.07. The lowest BCUT2D eigenvalue weighted by Crippen LogP contribution is -2.57. The third-order valence-corrected chi connectivity index (χ3v) is 14.1. The quantitative estimate of drug-likeness (QED) is 0.0353. The van der Waals surface area contributed by atoms with Crippen LogP contribution in [0.5, 0.6) is 0 Å². The van der Waals surface area contributed by atoms with Crippen LogP contribution < -0.4 is 32.3 Å². The van der Waals surface area contributed by atoms with E-state index in [9.17, 15) is 53.1 Å². The minimum absolute atomic E-state index is 0.00462. The van der Waals surface area contributed by atoms with Crippen molar-refractivity contribution in [2.24, 2.45) is 28.9 Å². The van der Waals surface area contributed by atoms with Crippen molar-refractivity contribution in [3.8, 4) is 0 Å². The molecule has 2 aromatic rings. The van der Waals surface area contributed by atoms with Gasteiger partial charge in [0.15, 0.2) is 17.3 Å². The van der Waals surface area contributed by atoms with Gasteiger partial charge in [-0.25, -0.2) is 14.6 Å². The average molecular weight is 1060 g/mol. The predicted molar refractivity (Wildman–Crippen MR) is 275 cm³/mol. The van der Waals surface area contributed by atoms with Gasteiger partial charge in [0.05, 0.1) is 62.3 Å². The molecule has 22 nitrogen and oxygen atoms in total. The van der Waals surface area contributed by atoms with Crippen molar-refractivity contribution in [3.63, 3.8) is 0 Å². The summed E-state index contributed by atoms with van der Waals surface area (Å²) in [5, 5.41) is 32.7. The van der Waals surface area contributed by atoms with E-state index in [-0.39, 0.29) is 122 Å². The molecule has 1 unspecified atom stereocenters. The summed E-state index contributed by atoms with van der Waals surface area (Å²) in [6, 6.07) is 0. The molecule has 1 aliphatic rings. The maximum atomic E-state index is 12.8. The van der Waals surface area contributed by atoms with E-state index in [4.69, 9.17) is 20.3 Å². The number of fused-ring (bicyclic) bond motifs is 1. The second-order valence-electron chi connectivity index (χ2n) is 20.4. The van der Waals surface area contributed by atoms with E-state index in [1.54, 1.807) is 61.1 Å². The minimum atomic E-state index is -1.60. The number of carboxylic acids is 2. The molecule has 0 spiro atoms. The number of hydrogen-bond donors (Lipinski definition) is 9. The molecule has 0 saturated carbocycles. The zero-order valence-corrected chi connectivity index (χ0v) is 45.4. The molecule has 414 valence electrons. The second-order valence-corrected chi connectivity index (χ2v) is 21.6. The molecule has 2 heterocycles. The lowest BCUT2D eigenvalue weighted by Gasteiger charge is -2.31.